The van der Waals surface area contributed by atoms with Crippen molar-refractivity contribution < 1.29 is 18.3 Å². The van der Waals surface area contributed by atoms with Crippen LogP contribution in [-0.4, -0.2) is 31.3 Å². The van der Waals surface area contributed by atoms with Crippen molar-refractivity contribution in [2.45, 2.75) is 37.9 Å². The van der Waals surface area contributed by atoms with E-state index in [1.165, 1.54) is 0 Å². The molecule has 1 aromatic carbocycles. The third-order valence-corrected chi connectivity index (χ3v) is 5.90. The standard InChI is InChI=1S/C14H19NO4S/c1-11-6-8-12(9-7-11)15(10-14(16)17)20(18,19)13-4-2-3-5-13/h6-9,13H,2-5,10H2,1H3,(H,16,17). The molecule has 0 atom stereocenters. The topological polar surface area (TPSA) is 74.7 Å². The largest absolute Gasteiger partial charge is 0.480 e. The van der Waals surface area contributed by atoms with Crippen LogP contribution in [-0.2, 0) is 14.8 Å². The van der Waals surface area contributed by atoms with Crippen LogP contribution in [0.15, 0.2) is 24.3 Å². The summed E-state index contributed by atoms with van der Waals surface area (Å²) < 4.78 is 26.3. The first-order chi connectivity index (χ1) is 9.41. The fourth-order valence-electron chi connectivity index (χ4n) is 2.53. The molecule has 0 spiro atoms. The number of hydrogen-bond acceptors (Lipinski definition) is 3. The zero-order valence-corrected chi connectivity index (χ0v) is 12.3. The summed E-state index contributed by atoms with van der Waals surface area (Å²) in [5, 5.41) is 8.54. The highest BCUT2D eigenvalue weighted by atomic mass is 32.2. The number of sulfonamides is 1. The Bertz CT molecular complexity index is 574. The van der Waals surface area contributed by atoms with Gasteiger partial charge in [-0.1, -0.05) is 30.5 Å². The zero-order valence-electron chi connectivity index (χ0n) is 11.4. The molecule has 6 heteroatoms. The third-order valence-electron chi connectivity index (χ3n) is 3.63. The van der Waals surface area contributed by atoms with Crippen LogP contribution < -0.4 is 4.31 Å². The van der Waals surface area contributed by atoms with E-state index in [4.69, 9.17) is 5.11 Å². The van der Waals surface area contributed by atoms with Gasteiger partial charge in [0.25, 0.3) is 0 Å². The summed E-state index contributed by atoms with van der Waals surface area (Å²) in [5.74, 6) is -1.15. The molecule has 0 unspecified atom stereocenters. The number of rotatable bonds is 5. The molecule has 0 radical (unpaired) electrons. The Balaban J connectivity index is 2.36. The Morgan fingerprint density at radius 1 is 1.25 bits per heavy atom. The van der Waals surface area contributed by atoms with Gasteiger partial charge in [-0.15, -0.1) is 0 Å². The molecule has 0 heterocycles. The minimum absolute atomic E-state index is 0.421. The molecule has 0 aromatic heterocycles. The van der Waals surface area contributed by atoms with Crippen LogP contribution in [0.3, 0.4) is 0 Å². The fourth-order valence-corrected chi connectivity index (χ4v) is 4.52. The molecule has 1 saturated carbocycles. The predicted molar refractivity (Wildman–Crippen MR) is 77.3 cm³/mol. The van der Waals surface area contributed by atoms with Crippen molar-refractivity contribution in [3.8, 4) is 0 Å². The van der Waals surface area contributed by atoms with E-state index in [0.717, 1.165) is 22.7 Å². The first-order valence-corrected chi connectivity index (χ1v) is 8.21. The van der Waals surface area contributed by atoms with Crippen LogP contribution in [0, 0.1) is 6.92 Å². The first kappa shape index (κ1) is 14.8. The number of carboxylic acid groups (broad SMARTS) is 1. The van der Waals surface area contributed by atoms with Crippen molar-refractivity contribution in [1.82, 2.24) is 0 Å². The Kier molecular flexibility index (Phi) is 4.32. The number of carbonyl (C=O) groups is 1. The van der Waals surface area contributed by atoms with Gasteiger partial charge in [0.2, 0.25) is 10.0 Å². The molecule has 1 aromatic rings. The summed E-state index contributed by atoms with van der Waals surface area (Å²) in [6, 6.07) is 6.89. The van der Waals surface area contributed by atoms with E-state index in [-0.39, 0.29) is 0 Å². The summed E-state index contributed by atoms with van der Waals surface area (Å²) in [4.78, 5) is 11.0. The van der Waals surface area contributed by atoms with E-state index in [9.17, 15) is 13.2 Å². The molecule has 0 bridgehead atoms. The van der Waals surface area contributed by atoms with Crippen molar-refractivity contribution in [3.63, 3.8) is 0 Å². The number of aliphatic carboxylic acids is 1. The quantitative estimate of drug-likeness (QED) is 0.903. The molecule has 110 valence electrons. The highest BCUT2D eigenvalue weighted by Crippen LogP contribution is 2.30. The van der Waals surface area contributed by atoms with Crippen LogP contribution in [0.25, 0.3) is 0 Å². The predicted octanol–water partition coefficient (Wildman–Crippen LogP) is 2.16. The number of benzene rings is 1. The van der Waals surface area contributed by atoms with Crippen LogP contribution >= 0.6 is 0 Å². The molecule has 0 amide bonds. The average Bonchev–Trinajstić information content (AvgIpc) is 2.91. The Morgan fingerprint density at radius 3 is 2.30 bits per heavy atom. The van der Waals surface area contributed by atoms with Crippen molar-refractivity contribution in [1.29, 1.82) is 0 Å². The highest BCUT2D eigenvalue weighted by Gasteiger charge is 2.35. The smallest absolute Gasteiger partial charge is 0.324 e. The number of aryl methyl sites for hydroxylation is 1. The third kappa shape index (κ3) is 3.12. The van der Waals surface area contributed by atoms with Gasteiger partial charge >= 0.3 is 5.97 Å². The lowest BCUT2D eigenvalue weighted by molar-refractivity contribution is -0.135. The second kappa shape index (κ2) is 5.83. The number of carboxylic acids is 1. The summed E-state index contributed by atoms with van der Waals surface area (Å²) in [6.07, 6.45) is 3.01. The van der Waals surface area contributed by atoms with Crippen molar-refractivity contribution in [2.75, 3.05) is 10.8 Å². The minimum atomic E-state index is -3.61. The molecule has 20 heavy (non-hydrogen) atoms. The SMILES string of the molecule is Cc1ccc(N(CC(=O)O)S(=O)(=O)C2CCCC2)cc1. The molecule has 1 aliphatic rings. The van der Waals surface area contributed by atoms with Crippen molar-refractivity contribution >= 4 is 21.7 Å². The maximum Gasteiger partial charge on any atom is 0.324 e. The van der Waals surface area contributed by atoms with Gasteiger partial charge in [0.15, 0.2) is 0 Å². The molecule has 1 N–H and O–H groups in total. The number of nitrogens with zero attached hydrogens (tertiary/aromatic N) is 1. The summed E-state index contributed by atoms with van der Waals surface area (Å²) in [6.45, 7) is 1.37. The van der Waals surface area contributed by atoms with Gasteiger partial charge < -0.3 is 5.11 Å². The van der Waals surface area contributed by atoms with E-state index in [2.05, 4.69) is 0 Å². The van der Waals surface area contributed by atoms with E-state index in [0.29, 0.717) is 18.5 Å². The number of hydrogen-bond donors (Lipinski definition) is 1. The first-order valence-electron chi connectivity index (χ1n) is 6.71. The summed E-state index contributed by atoms with van der Waals surface area (Å²) in [5.41, 5.74) is 1.42. The van der Waals surface area contributed by atoms with Gasteiger partial charge in [-0.05, 0) is 31.9 Å². The monoisotopic (exact) mass is 297 g/mol. The molecule has 1 aliphatic carbocycles. The maximum absolute atomic E-state index is 12.6. The molecule has 0 saturated heterocycles. The van der Waals surface area contributed by atoms with E-state index in [1.54, 1.807) is 24.3 Å². The van der Waals surface area contributed by atoms with Gasteiger partial charge in [0, 0.05) is 0 Å². The van der Waals surface area contributed by atoms with E-state index < -0.39 is 27.8 Å². The Labute approximate surface area is 119 Å². The van der Waals surface area contributed by atoms with Crippen molar-refractivity contribution in [2.24, 2.45) is 0 Å². The average molecular weight is 297 g/mol. The van der Waals surface area contributed by atoms with Gasteiger partial charge in [-0.2, -0.15) is 0 Å². The Morgan fingerprint density at radius 2 is 1.80 bits per heavy atom. The second-order valence-electron chi connectivity index (χ2n) is 5.19. The van der Waals surface area contributed by atoms with Gasteiger partial charge in [-0.3, -0.25) is 9.10 Å². The molecule has 2 rings (SSSR count). The van der Waals surface area contributed by atoms with Crippen LogP contribution in [0.1, 0.15) is 31.2 Å². The van der Waals surface area contributed by atoms with E-state index >= 15 is 0 Å². The van der Waals surface area contributed by atoms with Gasteiger partial charge in [0.05, 0.1) is 10.9 Å². The Hall–Kier alpha value is -1.56. The number of anilines is 1. The lowest BCUT2D eigenvalue weighted by Crippen LogP contribution is -2.41. The lowest BCUT2D eigenvalue weighted by Gasteiger charge is -2.26. The van der Waals surface area contributed by atoms with Gasteiger partial charge in [0.1, 0.15) is 6.54 Å². The van der Waals surface area contributed by atoms with Crippen molar-refractivity contribution in [3.05, 3.63) is 29.8 Å². The minimum Gasteiger partial charge on any atom is -0.480 e. The van der Waals surface area contributed by atoms with Gasteiger partial charge in [-0.25, -0.2) is 8.42 Å². The molecule has 5 nitrogen and oxygen atoms in total. The van der Waals surface area contributed by atoms with Crippen LogP contribution in [0.4, 0.5) is 5.69 Å². The molecule has 0 aliphatic heterocycles. The highest BCUT2D eigenvalue weighted by molar-refractivity contribution is 7.93. The lowest BCUT2D eigenvalue weighted by atomic mass is 10.2. The summed E-state index contributed by atoms with van der Waals surface area (Å²) >= 11 is 0. The van der Waals surface area contributed by atoms with Crippen LogP contribution in [0.2, 0.25) is 0 Å². The fraction of sp³-hybridized carbons (Fsp3) is 0.500. The molecule has 1 fully saturated rings. The summed E-state index contributed by atoms with van der Waals surface area (Å²) in [7, 11) is -3.61. The van der Waals surface area contributed by atoms with Crippen LogP contribution in [0.5, 0.6) is 0 Å². The maximum atomic E-state index is 12.6. The second-order valence-corrected chi connectivity index (χ2v) is 7.32. The van der Waals surface area contributed by atoms with E-state index in [1.807, 2.05) is 6.92 Å². The molecular formula is C14H19NO4S. The zero-order chi connectivity index (χ0) is 14.8. The normalized spacial score (nSPS) is 16.2. The molecular weight excluding hydrogens is 278 g/mol.